The summed E-state index contributed by atoms with van der Waals surface area (Å²) in [5.41, 5.74) is 1.21. The summed E-state index contributed by atoms with van der Waals surface area (Å²) in [6.07, 6.45) is 0.493. The molecule has 0 radical (unpaired) electrons. The second-order valence-corrected chi connectivity index (χ2v) is 5.72. The maximum Gasteiger partial charge on any atom is 0.164 e. The molecule has 0 heterocycles. The lowest BCUT2D eigenvalue weighted by Crippen LogP contribution is -2.39. The van der Waals surface area contributed by atoms with E-state index in [4.69, 9.17) is 0 Å². The van der Waals surface area contributed by atoms with Gasteiger partial charge >= 0.3 is 0 Å². The zero-order valence-electron chi connectivity index (χ0n) is 12.4. The minimum absolute atomic E-state index is 0.161. The predicted molar refractivity (Wildman–Crippen MR) is 78.5 cm³/mol. The van der Waals surface area contributed by atoms with Crippen LogP contribution in [0.25, 0.3) is 0 Å². The third kappa shape index (κ3) is 5.99. The Morgan fingerprint density at radius 3 is 2.32 bits per heavy atom. The molecule has 0 aromatic heterocycles. The zero-order chi connectivity index (χ0) is 14.5. The summed E-state index contributed by atoms with van der Waals surface area (Å²) in [7, 11) is 0. The topological polar surface area (TPSA) is 40.5 Å². The lowest BCUT2D eigenvalue weighted by Gasteiger charge is -2.27. The average molecular weight is 263 g/mol. The van der Waals surface area contributed by atoms with Crippen molar-refractivity contribution >= 4 is 5.78 Å². The minimum atomic E-state index is -0.719. The number of aliphatic hydroxyl groups is 1. The highest BCUT2D eigenvalue weighted by atomic mass is 16.3. The van der Waals surface area contributed by atoms with Gasteiger partial charge in [-0.05, 0) is 27.3 Å². The quantitative estimate of drug-likeness (QED) is 0.769. The first-order chi connectivity index (χ1) is 8.81. The number of carbonyl (C=O) groups is 1. The number of ketones is 1. The Hall–Kier alpha value is -1.19. The van der Waals surface area contributed by atoms with Crippen molar-refractivity contribution in [1.82, 2.24) is 4.90 Å². The van der Waals surface area contributed by atoms with Crippen molar-refractivity contribution in [2.24, 2.45) is 0 Å². The number of aryl methyl sites for hydroxylation is 1. The van der Waals surface area contributed by atoms with Crippen LogP contribution in [0.3, 0.4) is 0 Å². The molecule has 0 spiro atoms. The van der Waals surface area contributed by atoms with Crippen LogP contribution >= 0.6 is 0 Å². The first kappa shape index (κ1) is 15.9. The molecule has 106 valence electrons. The van der Waals surface area contributed by atoms with Crippen LogP contribution < -0.4 is 0 Å². The number of Topliss-reactive ketones (excluding diaryl/α,β-unsaturated/α-hetero) is 1. The van der Waals surface area contributed by atoms with Crippen molar-refractivity contribution in [3.05, 3.63) is 35.4 Å². The summed E-state index contributed by atoms with van der Waals surface area (Å²) in [5.74, 6) is 0.161. The molecular formula is C16H25NO2. The second-order valence-electron chi connectivity index (χ2n) is 5.72. The highest BCUT2D eigenvalue weighted by Gasteiger charge is 2.17. The molecule has 0 fully saturated rings. The van der Waals surface area contributed by atoms with Gasteiger partial charge in [-0.2, -0.15) is 0 Å². The summed E-state index contributed by atoms with van der Waals surface area (Å²) < 4.78 is 0. The molecule has 0 amide bonds. The molecule has 1 aromatic rings. The van der Waals surface area contributed by atoms with Crippen LogP contribution in [0.5, 0.6) is 0 Å². The molecule has 0 aliphatic carbocycles. The molecule has 1 aromatic carbocycles. The molecule has 0 aliphatic rings. The Labute approximate surface area is 116 Å². The first-order valence-corrected chi connectivity index (χ1v) is 6.86. The van der Waals surface area contributed by atoms with Gasteiger partial charge in [-0.3, -0.25) is 4.79 Å². The minimum Gasteiger partial charge on any atom is -0.389 e. The van der Waals surface area contributed by atoms with Gasteiger partial charge in [-0.15, -0.1) is 0 Å². The molecule has 3 heteroatoms. The van der Waals surface area contributed by atoms with E-state index in [9.17, 15) is 9.90 Å². The second kappa shape index (κ2) is 6.83. The molecule has 0 atom stereocenters. The average Bonchev–Trinajstić information content (AvgIpc) is 2.33. The number of hydrogen-bond acceptors (Lipinski definition) is 3. The maximum absolute atomic E-state index is 12.1. The summed E-state index contributed by atoms with van der Waals surface area (Å²) in [5, 5.41) is 9.81. The fourth-order valence-corrected chi connectivity index (χ4v) is 2.04. The van der Waals surface area contributed by atoms with E-state index in [0.717, 1.165) is 17.7 Å². The Balaban J connectivity index is 2.50. The number of likely N-dealkylation sites (N-methyl/N-ethyl adjacent to an activating group) is 1. The summed E-state index contributed by atoms with van der Waals surface area (Å²) in [6, 6.07) is 7.68. The van der Waals surface area contributed by atoms with E-state index < -0.39 is 5.60 Å². The standard InChI is InChI=1S/C16H25NO2/c1-5-17(12-16(3,4)19)11-10-15(18)14-8-6-13(2)7-9-14/h6-9,19H,5,10-12H2,1-4H3. The summed E-state index contributed by atoms with van der Waals surface area (Å²) in [4.78, 5) is 14.2. The number of benzene rings is 1. The SMILES string of the molecule is CCN(CCC(=O)c1ccc(C)cc1)CC(C)(C)O. The molecule has 0 saturated heterocycles. The zero-order valence-corrected chi connectivity index (χ0v) is 12.4. The molecule has 1 N–H and O–H groups in total. The lowest BCUT2D eigenvalue weighted by molar-refractivity contribution is 0.0371. The highest BCUT2D eigenvalue weighted by Crippen LogP contribution is 2.09. The van der Waals surface area contributed by atoms with Gasteiger partial charge in [-0.25, -0.2) is 0 Å². The predicted octanol–water partition coefficient (Wildman–Crippen LogP) is 2.66. The fourth-order valence-electron chi connectivity index (χ4n) is 2.04. The Kier molecular flexibility index (Phi) is 5.70. The van der Waals surface area contributed by atoms with Gasteiger partial charge in [0.2, 0.25) is 0 Å². The van der Waals surface area contributed by atoms with E-state index in [-0.39, 0.29) is 5.78 Å². The van der Waals surface area contributed by atoms with E-state index in [1.165, 1.54) is 0 Å². The van der Waals surface area contributed by atoms with E-state index in [1.807, 2.05) is 38.1 Å². The van der Waals surface area contributed by atoms with Crippen molar-refractivity contribution in [2.75, 3.05) is 19.6 Å². The van der Waals surface area contributed by atoms with Crippen molar-refractivity contribution < 1.29 is 9.90 Å². The van der Waals surface area contributed by atoms with Crippen molar-refractivity contribution in [3.63, 3.8) is 0 Å². The van der Waals surface area contributed by atoms with Crippen molar-refractivity contribution in [2.45, 2.75) is 39.7 Å². The van der Waals surface area contributed by atoms with E-state index >= 15 is 0 Å². The number of rotatable bonds is 7. The lowest BCUT2D eigenvalue weighted by atomic mass is 10.1. The van der Waals surface area contributed by atoms with Gasteiger partial charge in [0.05, 0.1) is 5.60 Å². The van der Waals surface area contributed by atoms with E-state index in [0.29, 0.717) is 19.5 Å². The number of nitrogens with zero attached hydrogens (tertiary/aromatic N) is 1. The summed E-state index contributed by atoms with van der Waals surface area (Å²) in [6.45, 7) is 9.75. The van der Waals surface area contributed by atoms with Gasteiger partial charge in [-0.1, -0.05) is 36.8 Å². The normalized spacial score (nSPS) is 11.9. The van der Waals surface area contributed by atoms with Crippen molar-refractivity contribution in [1.29, 1.82) is 0 Å². The fraction of sp³-hybridized carbons (Fsp3) is 0.562. The molecule has 0 aliphatic heterocycles. The number of carbonyl (C=O) groups excluding carboxylic acids is 1. The Bertz CT molecular complexity index is 404. The number of hydrogen-bond donors (Lipinski definition) is 1. The molecule has 3 nitrogen and oxygen atoms in total. The van der Waals surface area contributed by atoms with Gasteiger partial charge in [0.25, 0.3) is 0 Å². The van der Waals surface area contributed by atoms with Gasteiger partial charge in [0.1, 0.15) is 0 Å². The summed E-state index contributed by atoms with van der Waals surface area (Å²) >= 11 is 0. The molecule has 0 bridgehead atoms. The third-order valence-electron chi connectivity index (χ3n) is 3.09. The van der Waals surface area contributed by atoms with E-state index in [1.54, 1.807) is 13.8 Å². The van der Waals surface area contributed by atoms with Crippen LogP contribution in [0, 0.1) is 6.92 Å². The van der Waals surface area contributed by atoms with E-state index in [2.05, 4.69) is 4.90 Å². The van der Waals surface area contributed by atoms with Crippen LogP contribution in [0.2, 0.25) is 0 Å². The van der Waals surface area contributed by atoms with Gasteiger partial charge in [0, 0.05) is 25.1 Å². The Morgan fingerprint density at radius 2 is 1.84 bits per heavy atom. The third-order valence-corrected chi connectivity index (χ3v) is 3.09. The van der Waals surface area contributed by atoms with Gasteiger partial charge in [0.15, 0.2) is 5.78 Å². The maximum atomic E-state index is 12.1. The molecule has 0 unspecified atom stereocenters. The monoisotopic (exact) mass is 263 g/mol. The largest absolute Gasteiger partial charge is 0.389 e. The van der Waals surface area contributed by atoms with Crippen LogP contribution in [0.15, 0.2) is 24.3 Å². The first-order valence-electron chi connectivity index (χ1n) is 6.86. The van der Waals surface area contributed by atoms with Crippen LogP contribution in [-0.4, -0.2) is 41.0 Å². The van der Waals surface area contributed by atoms with Crippen LogP contribution in [0.1, 0.15) is 43.1 Å². The highest BCUT2D eigenvalue weighted by molar-refractivity contribution is 5.96. The molecule has 1 rings (SSSR count). The molecule has 0 saturated carbocycles. The molecular weight excluding hydrogens is 238 g/mol. The Morgan fingerprint density at radius 1 is 1.26 bits per heavy atom. The smallest absolute Gasteiger partial charge is 0.164 e. The van der Waals surface area contributed by atoms with Crippen molar-refractivity contribution in [3.8, 4) is 0 Å². The molecule has 19 heavy (non-hydrogen) atoms. The van der Waals surface area contributed by atoms with Crippen LogP contribution in [0.4, 0.5) is 0 Å². The van der Waals surface area contributed by atoms with Crippen LogP contribution in [-0.2, 0) is 0 Å². The van der Waals surface area contributed by atoms with Gasteiger partial charge < -0.3 is 10.0 Å².